The third-order valence-corrected chi connectivity index (χ3v) is 5.12. The van der Waals surface area contributed by atoms with Crippen molar-refractivity contribution >= 4 is 35.4 Å². The van der Waals surface area contributed by atoms with Gasteiger partial charge < -0.3 is 0 Å². The maximum Gasteiger partial charge on any atom is 0.229 e. The summed E-state index contributed by atoms with van der Waals surface area (Å²) in [6, 6.07) is 16.9. The van der Waals surface area contributed by atoms with E-state index in [2.05, 4.69) is 4.98 Å². The number of benzene rings is 3. The minimum absolute atomic E-state index is 0.0240. The molecular formula is C22H14Cl2F2N4O. The Labute approximate surface area is 186 Å². The molecule has 0 aliphatic rings. The van der Waals surface area contributed by atoms with Crippen LogP contribution in [-0.2, 0) is 4.79 Å². The molecule has 0 aliphatic heterocycles. The van der Waals surface area contributed by atoms with E-state index in [1.165, 1.54) is 34.9 Å². The number of halogens is 4. The van der Waals surface area contributed by atoms with Crippen molar-refractivity contribution in [1.82, 2.24) is 9.55 Å². The number of aromatic nitrogens is 2. The predicted octanol–water partition coefficient (Wildman–Crippen LogP) is 5.63. The van der Waals surface area contributed by atoms with Crippen LogP contribution < -0.4 is 10.9 Å². The van der Waals surface area contributed by atoms with Gasteiger partial charge in [-0.1, -0.05) is 53.5 Å². The Balaban J connectivity index is 2.15. The second kappa shape index (κ2) is 8.47. The van der Waals surface area contributed by atoms with Crippen LogP contribution in [0.1, 0.15) is 0 Å². The lowest BCUT2D eigenvalue weighted by molar-refractivity contribution is -0.107. The van der Waals surface area contributed by atoms with Gasteiger partial charge in [0.2, 0.25) is 6.41 Å². The fraction of sp³-hybridized carbons (Fsp3) is 0. The summed E-state index contributed by atoms with van der Waals surface area (Å²) >= 11 is 12.1. The molecule has 0 saturated heterocycles. The molecule has 0 fully saturated rings. The molecule has 3 aromatic carbocycles. The molecule has 0 bridgehead atoms. The summed E-state index contributed by atoms with van der Waals surface area (Å²) in [5, 5.41) is 0.894. The quantitative estimate of drug-likeness (QED) is 0.182. The number of carbonyl (C=O) groups is 1. The molecule has 4 rings (SSSR count). The molecule has 0 saturated carbocycles. The molecule has 0 aliphatic carbocycles. The van der Waals surface area contributed by atoms with Gasteiger partial charge in [0.15, 0.2) is 5.82 Å². The highest BCUT2D eigenvalue weighted by Gasteiger charge is 2.26. The fourth-order valence-electron chi connectivity index (χ4n) is 3.21. The number of hydrogen-bond acceptors (Lipinski definition) is 3. The first-order valence-corrected chi connectivity index (χ1v) is 9.74. The smallest absolute Gasteiger partial charge is 0.229 e. The molecule has 0 unspecified atom stereocenters. The highest BCUT2D eigenvalue weighted by Crippen LogP contribution is 2.39. The molecule has 0 spiro atoms. The highest BCUT2D eigenvalue weighted by molar-refractivity contribution is 6.31. The number of hydrogen-bond donors (Lipinski definition) is 1. The molecule has 4 aromatic rings. The third kappa shape index (κ3) is 3.90. The average molecular weight is 459 g/mol. The second-order valence-electron chi connectivity index (χ2n) is 6.55. The Bertz CT molecular complexity index is 1280. The van der Waals surface area contributed by atoms with Crippen LogP contribution in [0.2, 0.25) is 10.0 Å². The van der Waals surface area contributed by atoms with E-state index in [9.17, 15) is 13.6 Å². The van der Waals surface area contributed by atoms with Crippen molar-refractivity contribution in [1.29, 1.82) is 0 Å². The Morgan fingerprint density at radius 3 is 2.32 bits per heavy atom. The van der Waals surface area contributed by atoms with E-state index >= 15 is 0 Å². The Hall–Kier alpha value is -3.26. The minimum Gasteiger partial charge on any atom is -0.287 e. The third-order valence-electron chi connectivity index (χ3n) is 4.59. The van der Waals surface area contributed by atoms with Gasteiger partial charge in [0.05, 0.1) is 16.4 Å². The first-order valence-electron chi connectivity index (χ1n) is 8.99. The van der Waals surface area contributed by atoms with Gasteiger partial charge in [0.25, 0.3) is 0 Å². The maximum absolute atomic E-state index is 15.0. The van der Waals surface area contributed by atoms with E-state index in [1.807, 2.05) is 6.07 Å². The first-order chi connectivity index (χ1) is 14.9. The largest absolute Gasteiger partial charge is 0.287 e. The zero-order valence-electron chi connectivity index (χ0n) is 15.8. The van der Waals surface area contributed by atoms with E-state index < -0.39 is 11.6 Å². The lowest BCUT2D eigenvalue weighted by Gasteiger charge is -2.16. The molecule has 1 aromatic heterocycles. The van der Waals surface area contributed by atoms with Crippen LogP contribution in [0.3, 0.4) is 0 Å². The minimum atomic E-state index is -0.629. The van der Waals surface area contributed by atoms with Crippen LogP contribution in [0.5, 0.6) is 0 Å². The van der Waals surface area contributed by atoms with Gasteiger partial charge in [-0.05, 0) is 36.4 Å². The molecule has 9 heteroatoms. The molecule has 5 nitrogen and oxygen atoms in total. The normalized spacial score (nSPS) is 10.9. The summed E-state index contributed by atoms with van der Waals surface area (Å²) in [6.07, 6.45) is 0.365. The molecule has 156 valence electrons. The number of imidazole rings is 1. The number of amides is 1. The lowest BCUT2D eigenvalue weighted by atomic mass is 10.1. The molecular weight excluding hydrogens is 445 g/mol. The zero-order chi connectivity index (χ0) is 22.1. The van der Waals surface area contributed by atoms with Gasteiger partial charge >= 0.3 is 0 Å². The van der Waals surface area contributed by atoms with Crippen molar-refractivity contribution in [3.05, 3.63) is 88.4 Å². The summed E-state index contributed by atoms with van der Waals surface area (Å²) in [6.45, 7) is 0. The number of hydrazine groups is 1. The van der Waals surface area contributed by atoms with E-state index in [0.29, 0.717) is 23.4 Å². The van der Waals surface area contributed by atoms with Crippen LogP contribution in [0, 0.1) is 11.6 Å². The highest BCUT2D eigenvalue weighted by atomic mass is 35.5. The van der Waals surface area contributed by atoms with Crippen LogP contribution >= 0.6 is 23.2 Å². The zero-order valence-corrected chi connectivity index (χ0v) is 17.3. The monoisotopic (exact) mass is 458 g/mol. The molecule has 1 amide bonds. The van der Waals surface area contributed by atoms with Crippen LogP contribution in [0.4, 0.5) is 14.6 Å². The Morgan fingerprint density at radius 1 is 0.935 bits per heavy atom. The number of carbonyl (C=O) groups excluding carboxylic acids is 1. The number of rotatable bonds is 5. The fourth-order valence-corrected chi connectivity index (χ4v) is 3.56. The maximum atomic E-state index is 15.0. The Morgan fingerprint density at radius 2 is 1.65 bits per heavy atom. The van der Waals surface area contributed by atoms with Crippen molar-refractivity contribution in [2.24, 2.45) is 5.84 Å². The number of nitrogens with zero attached hydrogens (tertiary/aromatic N) is 3. The van der Waals surface area contributed by atoms with Crippen LogP contribution in [-0.4, -0.2) is 16.0 Å². The van der Waals surface area contributed by atoms with Crippen molar-refractivity contribution < 1.29 is 13.6 Å². The first kappa shape index (κ1) is 21.0. The van der Waals surface area contributed by atoms with Gasteiger partial charge in [-0.2, -0.15) is 0 Å². The van der Waals surface area contributed by atoms with E-state index in [0.717, 1.165) is 11.1 Å². The van der Waals surface area contributed by atoms with E-state index in [1.54, 1.807) is 24.3 Å². The predicted molar refractivity (Wildman–Crippen MR) is 117 cm³/mol. The number of nitrogens with two attached hydrogens (primary N) is 1. The number of anilines is 1. The topological polar surface area (TPSA) is 64.2 Å². The molecule has 2 N–H and O–H groups in total. The van der Waals surface area contributed by atoms with Crippen molar-refractivity contribution in [3.8, 4) is 28.3 Å². The molecule has 0 radical (unpaired) electrons. The van der Waals surface area contributed by atoms with Crippen LogP contribution in [0.15, 0.2) is 66.7 Å². The van der Waals surface area contributed by atoms with E-state index in [-0.39, 0.29) is 27.2 Å². The SMILES string of the molecule is NN(C=O)c1nc(-c2ccccc2)n(-c2cc(Cl)ccc2F)c1-c1ccc(F)c(Cl)c1. The van der Waals surface area contributed by atoms with Gasteiger partial charge in [-0.3, -0.25) is 9.36 Å². The second-order valence-corrected chi connectivity index (χ2v) is 7.39. The summed E-state index contributed by atoms with van der Waals surface area (Å²) in [4.78, 5) is 16.0. The summed E-state index contributed by atoms with van der Waals surface area (Å²) < 4.78 is 30.3. The Kier molecular flexibility index (Phi) is 5.73. The van der Waals surface area contributed by atoms with Gasteiger partial charge in [0.1, 0.15) is 17.5 Å². The summed E-state index contributed by atoms with van der Waals surface area (Å²) in [5.74, 6) is 4.97. The summed E-state index contributed by atoms with van der Waals surface area (Å²) in [7, 11) is 0. The van der Waals surface area contributed by atoms with Crippen molar-refractivity contribution in [3.63, 3.8) is 0 Å². The van der Waals surface area contributed by atoms with Crippen molar-refractivity contribution in [2.45, 2.75) is 0 Å². The van der Waals surface area contributed by atoms with Gasteiger partial charge in [0, 0.05) is 16.1 Å². The molecule has 0 atom stereocenters. The molecule has 1 heterocycles. The van der Waals surface area contributed by atoms with E-state index in [4.69, 9.17) is 29.0 Å². The van der Waals surface area contributed by atoms with Crippen molar-refractivity contribution in [2.75, 3.05) is 5.01 Å². The van der Waals surface area contributed by atoms with Gasteiger partial charge in [-0.25, -0.2) is 24.6 Å². The van der Waals surface area contributed by atoms with Gasteiger partial charge in [-0.15, -0.1) is 0 Å². The standard InChI is InChI=1S/C22H14Cl2F2N4O/c23-15-7-9-18(26)19(11-15)30-20(14-6-8-17(25)16(24)10-14)22(29(27)12-31)28-21(30)13-4-2-1-3-5-13/h1-12H,27H2. The lowest BCUT2D eigenvalue weighted by Crippen LogP contribution is -2.29. The average Bonchev–Trinajstić information content (AvgIpc) is 3.17. The molecule has 31 heavy (non-hydrogen) atoms. The van der Waals surface area contributed by atoms with Crippen LogP contribution in [0.25, 0.3) is 28.3 Å². The summed E-state index contributed by atoms with van der Waals surface area (Å²) in [5.41, 5.74) is 1.30.